The predicted octanol–water partition coefficient (Wildman–Crippen LogP) is 1.60. The normalized spacial score (nSPS) is 29.1. The Bertz CT molecular complexity index is 165. The Hall–Kier alpha value is -0.0800. The average molecular weight is 182 g/mol. The zero-order chi connectivity index (χ0) is 9.31. The van der Waals surface area contributed by atoms with Crippen LogP contribution in [0.2, 0.25) is 0 Å². The van der Waals surface area contributed by atoms with E-state index in [0.717, 1.165) is 18.4 Å². The van der Waals surface area contributed by atoms with Crippen molar-refractivity contribution in [1.82, 2.24) is 4.90 Å². The van der Waals surface area contributed by atoms with Crippen molar-refractivity contribution in [2.75, 3.05) is 19.6 Å². The smallest absolute Gasteiger partial charge is 0.0165 e. The highest BCUT2D eigenvalue weighted by molar-refractivity contribution is 4.98. The largest absolute Gasteiger partial charge is 0.327 e. The summed E-state index contributed by atoms with van der Waals surface area (Å²) in [6.07, 6.45) is 7.00. The Morgan fingerprint density at radius 1 is 1.31 bits per heavy atom. The Morgan fingerprint density at radius 3 is 2.46 bits per heavy atom. The summed E-state index contributed by atoms with van der Waals surface area (Å²) < 4.78 is 0. The zero-order valence-corrected chi connectivity index (χ0v) is 8.76. The molecule has 2 N–H and O–H groups in total. The van der Waals surface area contributed by atoms with Gasteiger partial charge in [0.2, 0.25) is 0 Å². The maximum Gasteiger partial charge on any atom is 0.0165 e. The molecule has 0 bridgehead atoms. The minimum Gasteiger partial charge on any atom is -0.327 e. The molecule has 0 aromatic heterocycles. The molecule has 2 nitrogen and oxygen atoms in total. The molecular weight excluding hydrogens is 160 g/mol. The van der Waals surface area contributed by atoms with Gasteiger partial charge in [-0.25, -0.2) is 0 Å². The van der Waals surface area contributed by atoms with Gasteiger partial charge in [0.15, 0.2) is 0 Å². The molecule has 1 aliphatic carbocycles. The lowest BCUT2D eigenvalue weighted by atomic mass is 9.78. The van der Waals surface area contributed by atoms with Crippen molar-refractivity contribution in [3.8, 4) is 0 Å². The van der Waals surface area contributed by atoms with E-state index >= 15 is 0 Å². The second kappa shape index (κ2) is 3.58. The molecule has 0 aromatic rings. The summed E-state index contributed by atoms with van der Waals surface area (Å²) in [7, 11) is 0. The second-order valence-electron chi connectivity index (χ2n) is 5.05. The molecule has 1 spiro atoms. The van der Waals surface area contributed by atoms with Crippen molar-refractivity contribution >= 4 is 0 Å². The van der Waals surface area contributed by atoms with Gasteiger partial charge in [-0.05, 0) is 24.7 Å². The number of rotatable bonds is 3. The van der Waals surface area contributed by atoms with E-state index < -0.39 is 0 Å². The number of nitrogens with two attached hydrogens (primary N) is 1. The molecule has 2 fully saturated rings. The molecular formula is C11H22N2. The molecule has 2 aliphatic rings. The lowest BCUT2D eigenvalue weighted by Crippen LogP contribution is -2.57. The van der Waals surface area contributed by atoms with E-state index in [1.54, 1.807) is 0 Å². The first-order valence-electron chi connectivity index (χ1n) is 5.72. The molecule has 0 amide bonds. The maximum absolute atomic E-state index is 5.93. The van der Waals surface area contributed by atoms with E-state index in [-0.39, 0.29) is 0 Å². The van der Waals surface area contributed by atoms with Gasteiger partial charge in [0.1, 0.15) is 0 Å². The quantitative estimate of drug-likeness (QED) is 0.718. The van der Waals surface area contributed by atoms with Crippen LogP contribution >= 0.6 is 0 Å². The van der Waals surface area contributed by atoms with E-state index in [0.29, 0.717) is 6.04 Å². The first kappa shape index (κ1) is 9.47. The van der Waals surface area contributed by atoms with Gasteiger partial charge in [0, 0.05) is 25.7 Å². The summed E-state index contributed by atoms with van der Waals surface area (Å²) in [5.41, 5.74) is 6.67. The number of hydrogen-bond donors (Lipinski definition) is 1. The summed E-state index contributed by atoms with van der Waals surface area (Å²) in [6.45, 7) is 5.97. The molecule has 1 heterocycles. The van der Waals surface area contributed by atoms with Crippen molar-refractivity contribution in [1.29, 1.82) is 0 Å². The standard InChI is InChI=1S/C11H22N2/c1-2-10(12)7-13-8-11(9-13)5-3-4-6-11/h10H,2-9,12H2,1H3. The highest BCUT2D eigenvalue weighted by atomic mass is 15.2. The topological polar surface area (TPSA) is 29.3 Å². The Morgan fingerprint density at radius 2 is 1.92 bits per heavy atom. The lowest BCUT2D eigenvalue weighted by molar-refractivity contribution is 0.00213. The number of nitrogens with zero attached hydrogens (tertiary/aromatic N) is 1. The molecule has 0 radical (unpaired) electrons. The number of likely N-dealkylation sites (tertiary alicyclic amines) is 1. The third kappa shape index (κ3) is 1.89. The molecule has 1 unspecified atom stereocenters. The van der Waals surface area contributed by atoms with Crippen molar-refractivity contribution in [3.63, 3.8) is 0 Å². The minimum atomic E-state index is 0.402. The van der Waals surface area contributed by atoms with Gasteiger partial charge < -0.3 is 10.6 Å². The van der Waals surface area contributed by atoms with Crippen LogP contribution in [0.1, 0.15) is 39.0 Å². The molecule has 1 aliphatic heterocycles. The van der Waals surface area contributed by atoms with Gasteiger partial charge in [-0.2, -0.15) is 0 Å². The summed E-state index contributed by atoms with van der Waals surface area (Å²) in [4.78, 5) is 2.54. The molecule has 2 rings (SSSR count). The first-order chi connectivity index (χ1) is 6.24. The third-order valence-electron chi connectivity index (χ3n) is 3.80. The van der Waals surface area contributed by atoms with E-state index in [9.17, 15) is 0 Å². The fraction of sp³-hybridized carbons (Fsp3) is 1.00. The van der Waals surface area contributed by atoms with Gasteiger partial charge in [0.05, 0.1) is 0 Å². The molecule has 1 atom stereocenters. The highest BCUT2D eigenvalue weighted by Crippen LogP contribution is 2.45. The van der Waals surface area contributed by atoms with Crippen LogP contribution in [0, 0.1) is 5.41 Å². The van der Waals surface area contributed by atoms with Gasteiger partial charge in [0.25, 0.3) is 0 Å². The van der Waals surface area contributed by atoms with E-state index in [4.69, 9.17) is 5.73 Å². The van der Waals surface area contributed by atoms with Crippen LogP contribution in [0.15, 0.2) is 0 Å². The highest BCUT2D eigenvalue weighted by Gasteiger charge is 2.44. The number of hydrogen-bond acceptors (Lipinski definition) is 2. The fourth-order valence-electron chi connectivity index (χ4n) is 2.93. The van der Waals surface area contributed by atoms with Crippen molar-refractivity contribution in [3.05, 3.63) is 0 Å². The fourth-order valence-corrected chi connectivity index (χ4v) is 2.93. The van der Waals surface area contributed by atoms with Crippen LogP contribution in [-0.4, -0.2) is 30.6 Å². The predicted molar refractivity (Wildman–Crippen MR) is 55.6 cm³/mol. The molecule has 1 saturated heterocycles. The van der Waals surface area contributed by atoms with Crippen molar-refractivity contribution < 1.29 is 0 Å². The molecule has 76 valence electrons. The lowest BCUT2D eigenvalue weighted by Gasteiger charge is -2.49. The molecule has 1 saturated carbocycles. The van der Waals surface area contributed by atoms with Crippen LogP contribution < -0.4 is 5.73 Å². The van der Waals surface area contributed by atoms with Gasteiger partial charge in [-0.3, -0.25) is 0 Å². The Labute approximate surface area is 81.5 Å². The van der Waals surface area contributed by atoms with Crippen LogP contribution in [-0.2, 0) is 0 Å². The van der Waals surface area contributed by atoms with Gasteiger partial charge in [-0.15, -0.1) is 0 Å². The second-order valence-corrected chi connectivity index (χ2v) is 5.05. The minimum absolute atomic E-state index is 0.402. The molecule has 2 heteroatoms. The average Bonchev–Trinajstić information content (AvgIpc) is 2.52. The van der Waals surface area contributed by atoms with E-state index in [1.807, 2.05) is 0 Å². The first-order valence-corrected chi connectivity index (χ1v) is 5.72. The van der Waals surface area contributed by atoms with E-state index in [2.05, 4.69) is 11.8 Å². The van der Waals surface area contributed by atoms with Gasteiger partial charge >= 0.3 is 0 Å². The summed E-state index contributed by atoms with van der Waals surface area (Å²) >= 11 is 0. The van der Waals surface area contributed by atoms with Gasteiger partial charge in [-0.1, -0.05) is 19.8 Å². The van der Waals surface area contributed by atoms with Crippen molar-refractivity contribution in [2.45, 2.75) is 45.1 Å². The van der Waals surface area contributed by atoms with Crippen molar-refractivity contribution in [2.24, 2.45) is 11.1 Å². The SMILES string of the molecule is CCC(N)CN1CC2(CCCC2)C1. The Kier molecular flexibility index (Phi) is 2.61. The summed E-state index contributed by atoms with van der Waals surface area (Å²) in [5.74, 6) is 0. The van der Waals surface area contributed by atoms with Crippen LogP contribution in [0.5, 0.6) is 0 Å². The molecule has 0 aromatic carbocycles. The summed E-state index contributed by atoms with van der Waals surface area (Å²) in [5, 5.41) is 0. The zero-order valence-electron chi connectivity index (χ0n) is 8.76. The third-order valence-corrected chi connectivity index (χ3v) is 3.80. The summed E-state index contributed by atoms with van der Waals surface area (Å²) in [6, 6.07) is 0.402. The van der Waals surface area contributed by atoms with Crippen LogP contribution in [0.25, 0.3) is 0 Å². The van der Waals surface area contributed by atoms with Crippen LogP contribution in [0.4, 0.5) is 0 Å². The Balaban J connectivity index is 1.71. The van der Waals surface area contributed by atoms with E-state index in [1.165, 1.54) is 38.8 Å². The monoisotopic (exact) mass is 182 g/mol. The maximum atomic E-state index is 5.93. The van der Waals surface area contributed by atoms with Crippen LogP contribution in [0.3, 0.4) is 0 Å². The molecule has 13 heavy (non-hydrogen) atoms.